The van der Waals surface area contributed by atoms with Gasteiger partial charge < -0.3 is 14.4 Å². The van der Waals surface area contributed by atoms with Gasteiger partial charge in [-0.1, -0.05) is 17.7 Å². The Kier molecular flexibility index (Phi) is 10.3. The van der Waals surface area contributed by atoms with Crippen LogP contribution in [0.5, 0.6) is 11.5 Å². The molecule has 10 heteroatoms. The van der Waals surface area contributed by atoms with E-state index < -0.39 is 17.5 Å². The van der Waals surface area contributed by atoms with E-state index in [0.717, 1.165) is 24.5 Å². The topological polar surface area (TPSA) is 83.9 Å². The van der Waals surface area contributed by atoms with E-state index >= 15 is 4.39 Å². The lowest BCUT2D eigenvalue weighted by Crippen LogP contribution is -2.48. The summed E-state index contributed by atoms with van der Waals surface area (Å²) in [5.41, 5.74) is 1.98. The maximum absolute atomic E-state index is 15.8. The highest BCUT2D eigenvalue weighted by Gasteiger charge is 2.41. The third-order valence-electron chi connectivity index (χ3n) is 7.58. The number of nitrogens with zero attached hydrogens (tertiary/aromatic N) is 2. The van der Waals surface area contributed by atoms with E-state index in [0.29, 0.717) is 54.6 Å². The molecule has 1 fully saturated rings. The number of methoxy groups -OCH3 is 2. The Morgan fingerprint density at radius 1 is 1.21 bits per heavy atom. The van der Waals surface area contributed by atoms with Gasteiger partial charge in [0.2, 0.25) is 5.91 Å². The molecule has 0 aliphatic carbocycles. The number of hydrogen-bond acceptors (Lipinski definition) is 7. The molecule has 4 rings (SSSR count). The van der Waals surface area contributed by atoms with Crippen LogP contribution in [0.4, 0.5) is 4.39 Å². The number of fused-ring (bicyclic) bond motifs is 1. The first-order chi connectivity index (χ1) is 18.9. The number of halogens is 2. The van der Waals surface area contributed by atoms with E-state index in [1.165, 1.54) is 11.1 Å². The summed E-state index contributed by atoms with van der Waals surface area (Å²) in [6.45, 7) is 2.34. The highest BCUT2D eigenvalue weighted by atomic mass is 35.5. The Morgan fingerprint density at radius 2 is 1.95 bits per heavy atom. The predicted molar refractivity (Wildman–Crippen MR) is 153 cm³/mol. The van der Waals surface area contributed by atoms with Crippen molar-refractivity contribution in [2.24, 2.45) is 5.41 Å². The van der Waals surface area contributed by atoms with Gasteiger partial charge in [-0.15, -0.1) is 11.8 Å². The zero-order valence-corrected chi connectivity index (χ0v) is 23.9. The van der Waals surface area contributed by atoms with Gasteiger partial charge in [-0.25, -0.2) is 9.87 Å². The van der Waals surface area contributed by atoms with Gasteiger partial charge in [0.15, 0.2) is 0 Å². The minimum absolute atomic E-state index is 0.0979. The van der Waals surface area contributed by atoms with Crippen LogP contribution in [0.15, 0.2) is 53.6 Å². The summed E-state index contributed by atoms with van der Waals surface area (Å²) in [7, 11) is 3.22. The molecule has 2 heterocycles. The van der Waals surface area contributed by atoms with Crippen LogP contribution in [0, 0.1) is 5.41 Å². The SMILES string of the molecule is COc1cccc(SCCCN2CCC(CCC(F)c3c(Cl)cnc4ccc(OC)cc34)(C(=O)NO)CC2)c1. The summed E-state index contributed by atoms with van der Waals surface area (Å²) in [6.07, 6.45) is 2.56. The first kappa shape index (κ1) is 29.4. The molecule has 0 spiro atoms. The van der Waals surface area contributed by atoms with Crippen molar-refractivity contribution < 1.29 is 23.9 Å². The minimum Gasteiger partial charge on any atom is -0.497 e. The summed E-state index contributed by atoms with van der Waals surface area (Å²) < 4.78 is 26.4. The third kappa shape index (κ3) is 7.14. The van der Waals surface area contributed by atoms with Crippen LogP contribution in [0.3, 0.4) is 0 Å². The molecular formula is C29H35ClFN3O4S. The Morgan fingerprint density at radius 3 is 2.67 bits per heavy atom. The maximum Gasteiger partial charge on any atom is 0.249 e. The van der Waals surface area contributed by atoms with Gasteiger partial charge in [0.1, 0.15) is 17.7 Å². The van der Waals surface area contributed by atoms with Crippen LogP contribution in [-0.2, 0) is 4.79 Å². The van der Waals surface area contributed by atoms with Crippen LogP contribution >= 0.6 is 23.4 Å². The van der Waals surface area contributed by atoms with Crippen molar-refractivity contribution in [1.29, 1.82) is 0 Å². The van der Waals surface area contributed by atoms with Crippen molar-refractivity contribution in [2.45, 2.75) is 43.2 Å². The predicted octanol–water partition coefficient (Wildman–Crippen LogP) is 6.47. The molecule has 7 nitrogen and oxygen atoms in total. The van der Waals surface area contributed by atoms with Crippen molar-refractivity contribution in [3.63, 3.8) is 0 Å². The van der Waals surface area contributed by atoms with Crippen molar-refractivity contribution >= 4 is 40.2 Å². The lowest BCUT2D eigenvalue weighted by Gasteiger charge is -2.40. The molecule has 1 aliphatic heterocycles. The normalized spacial score (nSPS) is 16.1. The van der Waals surface area contributed by atoms with E-state index in [1.54, 1.807) is 44.2 Å². The molecule has 1 atom stereocenters. The molecule has 2 aromatic carbocycles. The van der Waals surface area contributed by atoms with Crippen molar-refractivity contribution in [1.82, 2.24) is 15.4 Å². The highest BCUT2D eigenvalue weighted by Crippen LogP contribution is 2.42. The number of carbonyl (C=O) groups is 1. The fourth-order valence-electron chi connectivity index (χ4n) is 5.24. The summed E-state index contributed by atoms with van der Waals surface area (Å²) in [5.74, 6) is 1.96. The summed E-state index contributed by atoms with van der Waals surface area (Å²) >= 11 is 8.19. The number of hydrogen-bond donors (Lipinski definition) is 2. The van der Waals surface area contributed by atoms with E-state index in [-0.39, 0.29) is 11.4 Å². The average molecular weight is 576 g/mol. The Balaban J connectivity index is 1.34. The molecule has 1 amide bonds. The number of carbonyl (C=O) groups excluding carboxylic acids is 1. The van der Waals surface area contributed by atoms with Crippen LogP contribution in [-0.4, -0.2) is 60.6 Å². The number of ether oxygens (including phenoxy) is 2. The molecule has 2 N–H and O–H groups in total. The van der Waals surface area contributed by atoms with Crippen molar-refractivity contribution in [3.05, 3.63) is 59.2 Å². The molecule has 0 saturated carbocycles. The first-order valence-electron chi connectivity index (χ1n) is 13.1. The number of aromatic nitrogens is 1. The maximum atomic E-state index is 15.8. The summed E-state index contributed by atoms with van der Waals surface area (Å²) in [4.78, 5) is 20.6. The van der Waals surface area contributed by atoms with Gasteiger partial charge in [-0.3, -0.25) is 15.0 Å². The number of nitrogens with one attached hydrogen (secondary N) is 1. The molecule has 0 radical (unpaired) electrons. The quantitative estimate of drug-likeness (QED) is 0.111. The minimum atomic E-state index is -1.40. The second kappa shape index (κ2) is 13.7. The summed E-state index contributed by atoms with van der Waals surface area (Å²) in [5, 5.41) is 10.3. The number of likely N-dealkylation sites (tertiary alicyclic amines) is 1. The second-order valence-electron chi connectivity index (χ2n) is 9.85. The molecule has 1 saturated heterocycles. The van der Waals surface area contributed by atoms with Gasteiger partial charge >= 0.3 is 0 Å². The molecular weight excluding hydrogens is 541 g/mol. The Bertz CT molecular complexity index is 1270. The van der Waals surface area contributed by atoms with Crippen LogP contribution in [0.25, 0.3) is 10.9 Å². The lowest BCUT2D eigenvalue weighted by molar-refractivity contribution is -0.143. The van der Waals surface area contributed by atoms with Crippen LogP contribution < -0.4 is 15.0 Å². The zero-order valence-electron chi connectivity index (χ0n) is 22.3. The number of pyridine rings is 1. The Labute approximate surface area is 238 Å². The van der Waals surface area contributed by atoms with Gasteiger partial charge in [0.25, 0.3) is 0 Å². The van der Waals surface area contributed by atoms with Crippen LogP contribution in [0.2, 0.25) is 5.02 Å². The highest BCUT2D eigenvalue weighted by molar-refractivity contribution is 7.99. The second-order valence-corrected chi connectivity index (χ2v) is 11.4. The van der Waals surface area contributed by atoms with Crippen molar-refractivity contribution in [3.8, 4) is 11.5 Å². The lowest BCUT2D eigenvalue weighted by atomic mass is 9.73. The number of thioether (sulfide) groups is 1. The van der Waals surface area contributed by atoms with E-state index in [2.05, 4.69) is 16.0 Å². The smallest absolute Gasteiger partial charge is 0.249 e. The van der Waals surface area contributed by atoms with Gasteiger partial charge in [0, 0.05) is 22.0 Å². The first-order valence-corrected chi connectivity index (χ1v) is 14.5. The average Bonchev–Trinajstić information content (AvgIpc) is 2.98. The molecule has 3 aromatic rings. The Hall–Kier alpha value is -2.59. The fourth-order valence-corrected chi connectivity index (χ4v) is 6.40. The molecule has 39 heavy (non-hydrogen) atoms. The van der Waals surface area contributed by atoms with Crippen LogP contribution in [0.1, 0.15) is 43.8 Å². The number of hydroxylamine groups is 1. The number of benzene rings is 2. The standard InChI is InChI=1S/C29H35ClFN3O4S/c1-37-20-5-3-6-22(17-20)39-16-4-13-34-14-11-29(12-15-34,28(35)33-36)10-9-25(31)27-23-18-21(38-2)7-8-26(23)32-19-24(27)30/h3,5-8,17-19,25,36H,4,9-16H2,1-2H3,(H,33,35). The number of amides is 1. The molecule has 1 unspecified atom stereocenters. The van der Waals surface area contributed by atoms with Gasteiger partial charge in [-0.05, 0) is 93.9 Å². The van der Waals surface area contributed by atoms with Gasteiger partial charge in [-0.2, -0.15) is 0 Å². The molecule has 1 aliphatic rings. The van der Waals surface area contributed by atoms with E-state index in [9.17, 15) is 10.0 Å². The molecule has 0 bridgehead atoms. The number of piperidine rings is 1. The number of rotatable bonds is 12. The number of alkyl halides is 1. The van der Waals surface area contributed by atoms with Gasteiger partial charge in [0.05, 0.1) is 30.2 Å². The zero-order chi connectivity index (χ0) is 27.8. The van der Waals surface area contributed by atoms with E-state index in [1.807, 2.05) is 23.7 Å². The van der Waals surface area contributed by atoms with Crippen molar-refractivity contribution in [2.75, 3.05) is 39.6 Å². The molecule has 210 valence electrons. The van der Waals surface area contributed by atoms with E-state index in [4.69, 9.17) is 21.1 Å². The third-order valence-corrected chi connectivity index (χ3v) is 8.96. The fraction of sp³-hybridized carbons (Fsp3) is 0.448. The summed E-state index contributed by atoms with van der Waals surface area (Å²) in [6, 6.07) is 13.3. The largest absolute Gasteiger partial charge is 0.497 e. The molecule has 1 aromatic heterocycles. The monoisotopic (exact) mass is 575 g/mol.